The Morgan fingerprint density at radius 3 is 1.95 bits per heavy atom. The molecule has 0 radical (unpaired) electrons. The second-order valence-electron chi connectivity index (χ2n) is 5.52. The molecule has 0 aliphatic carbocycles. The van der Waals surface area contributed by atoms with Crippen molar-refractivity contribution in [1.82, 2.24) is 5.32 Å². The first-order chi connectivity index (χ1) is 9.97. The Morgan fingerprint density at radius 2 is 1.43 bits per heavy atom. The lowest BCUT2D eigenvalue weighted by Crippen LogP contribution is -2.26. The van der Waals surface area contributed by atoms with Gasteiger partial charge in [0.2, 0.25) is 0 Å². The molecule has 0 saturated carbocycles. The number of amides is 1. The second-order valence-corrected chi connectivity index (χ2v) is 6.44. The summed E-state index contributed by atoms with van der Waals surface area (Å²) < 4.78 is 0.969. The third-order valence-corrected chi connectivity index (χ3v) is 4.09. The lowest BCUT2D eigenvalue weighted by molar-refractivity contribution is 0.0940. The summed E-state index contributed by atoms with van der Waals surface area (Å²) in [6.45, 7) is 6.35. The van der Waals surface area contributed by atoms with Crippen molar-refractivity contribution in [2.24, 2.45) is 0 Å². The van der Waals surface area contributed by atoms with E-state index in [1.807, 2.05) is 31.2 Å². The first-order valence-electron chi connectivity index (χ1n) is 7.13. The molecule has 0 aromatic heterocycles. The van der Waals surface area contributed by atoms with Gasteiger partial charge in [-0.3, -0.25) is 4.79 Å². The molecule has 1 atom stereocenters. The predicted molar refractivity (Wildman–Crippen MR) is 90.6 cm³/mol. The first kappa shape index (κ1) is 15.8. The summed E-state index contributed by atoms with van der Waals surface area (Å²) in [6, 6.07) is 15.8. The number of nitrogens with one attached hydrogen (secondary N) is 1. The molecule has 1 N–H and O–H groups in total. The van der Waals surface area contributed by atoms with Crippen molar-refractivity contribution in [3.63, 3.8) is 0 Å². The average Bonchev–Trinajstić information content (AvgIpc) is 2.47. The van der Waals surface area contributed by atoms with E-state index < -0.39 is 0 Å². The normalized spacial score (nSPS) is 12.2. The third kappa shape index (κ3) is 4.18. The molecule has 3 heteroatoms. The highest BCUT2D eigenvalue weighted by molar-refractivity contribution is 9.10. The largest absolute Gasteiger partial charge is 0.346 e. The van der Waals surface area contributed by atoms with Crippen LogP contribution in [0.5, 0.6) is 0 Å². The highest BCUT2D eigenvalue weighted by atomic mass is 79.9. The van der Waals surface area contributed by atoms with Crippen molar-refractivity contribution in [3.8, 4) is 0 Å². The summed E-state index contributed by atoms with van der Waals surface area (Å²) in [5.41, 5.74) is 3.10. The smallest absolute Gasteiger partial charge is 0.251 e. The van der Waals surface area contributed by atoms with Gasteiger partial charge in [-0.25, -0.2) is 0 Å². The number of hydrogen-bond acceptors (Lipinski definition) is 1. The Hall–Kier alpha value is -1.61. The Morgan fingerprint density at radius 1 is 0.905 bits per heavy atom. The van der Waals surface area contributed by atoms with Crippen LogP contribution < -0.4 is 5.32 Å². The third-order valence-electron chi connectivity index (χ3n) is 3.56. The molecular weight excluding hydrogens is 326 g/mol. The van der Waals surface area contributed by atoms with Gasteiger partial charge in [-0.2, -0.15) is 0 Å². The van der Waals surface area contributed by atoms with Gasteiger partial charge in [0.1, 0.15) is 0 Å². The molecule has 0 aliphatic heterocycles. The van der Waals surface area contributed by atoms with Gasteiger partial charge in [-0.05, 0) is 48.2 Å². The molecule has 0 fully saturated rings. The molecule has 2 rings (SSSR count). The number of benzene rings is 2. The number of rotatable bonds is 4. The summed E-state index contributed by atoms with van der Waals surface area (Å²) in [6.07, 6.45) is 0. The minimum absolute atomic E-state index is 0.0117. The lowest BCUT2D eigenvalue weighted by atomic mass is 9.99. The molecule has 1 amide bonds. The Bertz CT molecular complexity index is 602. The predicted octanol–water partition coefficient (Wildman–Crippen LogP) is 5.06. The SMILES string of the molecule is CC(C)c1ccc(C(C)NC(=O)c2ccc(Br)cc2)cc1. The molecule has 110 valence electrons. The Kier molecular flexibility index (Phi) is 5.18. The molecule has 2 aromatic carbocycles. The molecule has 2 nitrogen and oxygen atoms in total. The van der Waals surface area contributed by atoms with Crippen LogP contribution in [0.4, 0.5) is 0 Å². The van der Waals surface area contributed by atoms with E-state index in [0.29, 0.717) is 11.5 Å². The summed E-state index contributed by atoms with van der Waals surface area (Å²) in [4.78, 5) is 12.2. The van der Waals surface area contributed by atoms with Crippen molar-refractivity contribution in [1.29, 1.82) is 0 Å². The van der Waals surface area contributed by atoms with E-state index in [4.69, 9.17) is 0 Å². The van der Waals surface area contributed by atoms with E-state index in [9.17, 15) is 4.79 Å². The van der Waals surface area contributed by atoms with Gasteiger partial charge >= 0.3 is 0 Å². The van der Waals surface area contributed by atoms with Gasteiger partial charge in [-0.15, -0.1) is 0 Å². The molecule has 2 aromatic rings. The van der Waals surface area contributed by atoms with Gasteiger partial charge in [0.25, 0.3) is 5.91 Å². The zero-order valence-corrected chi connectivity index (χ0v) is 14.1. The molecule has 0 heterocycles. The maximum absolute atomic E-state index is 12.2. The van der Waals surface area contributed by atoms with E-state index in [2.05, 4.69) is 59.4 Å². The van der Waals surface area contributed by atoms with Crippen LogP contribution in [0.3, 0.4) is 0 Å². The highest BCUT2D eigenvalue weighted by Crippen LogP contribution is 2.19. The fraction of sp³-hybridized carbons (Fsp3) is 0.278. The van der Waals surface area contributed by atoms with Gasteiger partial charge in [0.15, 0.2) is 0 Å². The standard InChI is InChI=1S/C18H20BrNO/c1-12(2)14-4-6-15(7-5-14)13(3)20-18(21)16-8-10-17(19)11-9-16/h4-13H,1-3H3,(H,20,21). The van der Waals surface area contributed by atoms with Crippen LogP contribution >= 0.6 is 15.9 Å². The van der Waals surface area contributed by atoms with Crippen molar-refractivity contribution in [2.45, 2.75) is 32.7 Å². The van der Waals surface area contributed by atoms with Gasteiger partial charge < -0.3 is 5.32 Å². The maximum Gasteiger partial charge on any atom is 0.251 e. The van der Waals surface area contributed by atoms with Crippen molar-refractivity contribution in [2.75, 3.05) is 0 Å². The maximum atomic E-state index is 12.2. The molecule has 0 aliphatic rings. The van der Waals surface area contributed by atoms with Crippen molar-refractivity contribution in [3.05, 3.63) is 69.7 Å². The molecule has 0 bridgehead atoms. The van der Waals surface area contributed by atoms with Crippen LogP contribution in [-0.2, 0) is 0 Å². The number of carbonyl (C=O) groups is 1. The minimum Gasteiger partial charge on any atom is -0.346 e. The fourth-order valence-electron chi connectivity index (χ4n) is 2.13. The van der Waals surface area contributed by atoms with E-state index in [1.165, 1.54) is 5.56 Å². The number of carbonyl (C=O) groups excluding carboxylic acids is 1. The van der Waals surface area contributed by atoms with Gasteiger partial charge in [0.05, 0.1) is 6.04 Å². The molecule has 0 spiro atoms. The Labute approximate surface area is 134 Å². The summed E-state index contributed by atoms with van der Waals surface area (Å²) in [7, 11) is 0. The summed E-state index contributed by atoms with van der Waals surface area (Å²) in [5, 5.41) is 3.03. The second kappa shape index (κ2) is 6.90. The van der Waals surface area contributed by atoms with Gasteiger partial charge in [0, 0.05) is 10.0 Å². The van der Waals surface area contributed by atoms with Crippen molar-refractivity contribution >= 4 is 21.8 Å². The molecule has 1 unspecified atom stereocenters. The number of halogens is 1. The van der Waals surface area contributed by atoms with E-state index in [1.54, 1.807) is 0 Å². The minimum atomic E-state index is -0.0528. The highest BCUT2D eigenvalue weighted by Gasteiger charge is 2.11. The van der Waals surface area contributed by atoms with Crippen molar-refractivity contribution < 1.29 is 4.79 Å². The summed E-state index contributed by atoms with van der Waals surface area (Å²) >= 11 is 3.37. The van der Waals surface area contributed by atoms with E-state index >= 15 is 0 Å². The van der Waals surface area contributed by atoms with Gasteiger partial charge in [-0.1, -0.05) is 54.0 Å². The quantitative estimate of drug-likeness (QED) is 0.823. The van der Waals surface area contributed by atoms with E-state index in [-0.39, 0.29) is 11.9 Å². The van der Waals surface area contributed by atoms with Crippen LogP contribution in [0, 0.1) is 0 Å². The molecule has 21 heavy (non-hydrogen) atoms. The fourth-order valence-corrected chi connectivity index (χ4v) is 2.40. The van der Waals surface area contributed by atoms with E-state index in [0.717, 1.165) is 10.0 Å². The van der Waals surface area contributed by atoms with Crippen LogP contribution in [0.2, 0.25) is 0 Å². The molecular formula is C18H20BrNO. The van der Waals surface area contributed by atoms with Crippen LogP contribution in [0.25, 0.3) is 0 Å². The lowest BCUT2D eigenvalue weighted by Gasteiger charge is -2.15. The first-order valence-corrected chi connectivity index (χ1v) is 7.93. The zero-order valence-electron chi connectivity index (χ0n) is 12.6. The zero-order chi connectivity index (χ0) is 15.4. The monoisotopic (exact) mass is 345 g/mol. The van der Waals surface area contributed by atoms with Crippen LogP contribution in [-0.4, -0.2) is 5.91 Å². The van der Waals surface area contributed by atoms with Crippen LogP contribution in [0.1, 0.15) is 54.2 Å². The topological polar surface area (TPSA) is 29.1 Å². The Balaban J connectivity index is 2.05. The van der Waals surface area contributed by atoms with Crippen LogP contribution in [0.15, 0.2) is 53.0 Å². The average molecular weight is 346 g/mol. The molecule has 0 saturated heterocycles. The summed E-state index contributed by atoms with van der Waals surface area (Å²) in [5.74, 6) is 0.467. The number of hydrogen-bond donors (Lipinski definition) is 1.